The van der Waals surface area contributed by atoms with Gasteiger partial charge in [0.15, 0.2) is 0 Å². The van der Waals surface area contributed by atoms with Crippen LogP contribution >= 0.6 is 0 Å². The first-order valence-corrected chi connectivity index (χ1v) is 6.90. The fourth-order valence-electron chi connectivity index (χ4n) is 1.94. The van der Waals surface area contributed by atoms with Gasteiger partial charge in [0.05, 0.1) is 0 Å². The highest BCUT2D eigenvalue weighted by Gasteiger charge is 2.09. The fraction of sp³-hybridized carbons (Fsp3) is 0.467. The largest absolute Gasteiger partial charge is 0.421 e. The number of rotatable bonds is 7. The molecule has 1 heterocycles. The van der Waals surface area contributed by atoms with Crippen molar-refractivity contribution in [3.8, 4) is 11.5 Å². The summed E-state index contributed by atoms with van der Waals surface area (Å²) in [6.45, 7) is 6.28. The van der Waals surface area contributed by atoms with E-state index in [-0.39, 0.29) is 0 Å². The van der Waals surface area contributed by atoms with Gasteiger partial charge in [0, 0.05) is 12.0 Å². The summed E-state index contributed by atoms with van der Waals surface area (Å²) in [4.78, 5) is 0. The predicted molar refractivity (Wildman–Crippen MR) is 76.0 cm³/mol. The molecule has 0 saturated heterocycles. The molecule has 2 aromatic rings. The summed E-state index contributed by atoms with van der Waals surface area (Å²) in [7, 11) is 0. The summed E-state index contributed by atoms with van der Waals surface area (Å²) < 4.78 is 5.71. The summed E-state index contributed by atoms with van der Waals surface area (Å²) in [5.74, 6) is 1.34. The first-order chi connectivity index (χ1) is 9.31. The Bertz CT molecular complexity index is 508. The number of nitrogens with one attached hydrogen (secondary N) is 1. The molecule has 102 valence electrons. The normalized spacial score (nSPS) is 10.8. The van der Waals surface area contributed by atoms with E-state index >= 15 is 0 Å². The average Bonchev–Trinajstić information content (AvgIpc) is 2.88. The molecule has 0 saturated carbocycles. The molecule has 1 N–H and O–H groups in total. The quantitative estimate of drug-likeness (QED) is 0.777. The van der Waals surface area contributed by atoms with Crippen molar-refractivity contribution >= 4 is 0 Å². The zero-order valence-corrected chi connectivity index (χ0v) is 11.6. The van der Waals surface area contributed by atoms with Crippen LogP contribution in [0.5, 0.6) is 0 Å². The SMILES string of the molecule is CCCNCCCc1nnc(-c2ccccc2C)o1. The summed E-state index contributed by atoms with van der Waals surface area (Å²) >= 11 is 0. The molecule has 0 bridgehead atoms. The number of hydrogen-bond donors (Lipinski definition) is 1. The third kappa shape index (κ3) is 3.89. The molecule has 2 rings (SSSR count). The van der Waals surface area contributed by atoms with Gasteiger partial charge in [-0.1, -0.05) is 25.1 Å². The first kappa shape index (κ1) is 13.7. The van der Waals surface area contributed by atoms with Crippen LogP contribution in [0.15, 0.2) is 28.7 Å². The highest BCUT2D eigenvalue weighted by atomic mass is 16.4. The lowest BCUT2D eigenvalue weighted by atomic mass is 10.1. The van der Waals surface area contributed by atoms with Crippen LogP contribution in [0.4, 0.5) is 0 Å². The van der Waals surface area contributed by atoms with Gasteiger partial charge >= 0.3 is 0 Å². The first-order valence-electron chi connectivity index (χ1n) is 6.90. The van der Waals surface area contributed by atoms with Gasteiger partial charge in [-0.15, -0.1) is 10.2 Å². The minimum atomic E-state index is 0.620. The van der Waals surface area contributed by atoms with Crippen molar-refractivity contribution in [2.75, 3.05) is 13.1 Å². The standard InChI is InChI=1S/C15H21N3O/c1-3-10-16-11-6-9-14-17-18-15(19-14)13-8-5-4-7-12(13)2/h4-5,7-8,16H,3,6,9-11H2,1-2H3. The Kier molecular flexibility index (Phi) is 5.10. The number of nitrogens with zero attached hydrogens (tertiary/aromatic N) is 2. The molecule has 0 aliphatic rings. The van der Waals surface area contributed by atoms with Crippen LogP contribution in [0.25, 0.3) is 11.5 Å². The van der Waals surface area contributed by atoms with E-state index in [0.717, 1.165) is 49.4 Å². The number of hydrogen-bond acceptors (Lipinski definition) is 4. The minimum Gasteiger partial charge on any atom is -0.421 e. The molecular formula is C15H21N3O. The van der Waals surface area contributed by atoms with Crippen LogP contribution in [-0.2, 0) is 6.42 Å². The van der Waals surface area contributed by atoms with Crippen LogP contribution in [0.2, 0.25) is 0 Å². The molecule has 0 aliphatic carbocycles. The molecule has 0 aliphatic heterocycles. The highest BCUT2D eigenvalue weighted by molar-refractivity contribution is 5.57. The van der Waals surface area contributed by atoms with Crippen molar-refractivity contribution in [2.24, 2.45) is 0 Å². The van der Waals surface area contributed by atoms with E-state index in [0.29, 0.717) is 5.89 Å². The van der Waals surface area contributed by atoms with Crippen molar-refractivity contribution in [3.05, 3.63) is 35.7 Å². The van der Waals surface area contributed by atoms with Gasteiger partial charge in [0.25, 0.3) is 0 Å². The zero-order valence-electron chi connectivity index (χ0n) is 11.6. The summed E-state index contributed by atoms with van der Waals surface area (Å²) in [6.07, 6.45) is 3.02. The minimum absolute atomic E-state index is 0.620. The van der Waals surface area contributed by atoms with E-state index in [1.54, 1.807) is 0 Å². The van der Waals surface area contributed by atoms with Gasteiger partial charge in [-0.05, 0) is 44.5 Å². The van der Waals surface area contributed by atoms with Gasteiger partial charge in [0.1, 0.15) is 0 Å². The molecule has 4 nitrogen and oxygen atoms in total. The Morgan fingerprint density at radius 2 is 2.00 bits per heavy atom. The smallest absolute Gasteiger partial charge is 0.247 e. The van der Waals surface area contributed by atoms with Crippen molar-refractivity contribution < 1.29 is 4.42 Å². The summed E-state index contributed by atoms with van der Waals surface area (Å²) in [5, 5.41) is 11.6. The van der Waals surface area contributed by atoms with Crippen molar-refractivity contribution in [2.45, 2.75) is 33.1 Å². The van der Waals surface area contributed by atoms with E-state index in [1.807, 2.05) is 31.2 Å². The van der Waals surface area contributed by atoms with Gasteiger partial charge < -0.3 is 9.73 Å². The Balaban J connectivity index is 1.91. The molecule has 0 unspecified atom stereocenters. The third-order valence-corrected chi connectivity index (χ3v) is 3.01. The number of aryl methyl sites for hydroxylation is 2. The molecule has 0 radical (unpaired) electrons. The lowest BCUT2D eigenvalue weighted by molar-refractivity contribution is 0.491. The van der Waals surface area contributed by atoms with Crippen molar-refractivity contribution in [1.82, 2.24) is 15.5 Å². The third-order valence-electron chi connectivity index (χ3n) is 3.01. The highest BCUT2D eigenvalue weighted by Crippen LogP contribution is 2.21. The van der Waals surface area contributed by atoms with Crippen LogP contribution in [-0.4, -0.2) is 23.3 Å². The average molecular weight is 259 g/mol. The van der Waals surface area contributed by atoms with E-state index < -0.39 is 0 Å². The second kappa shape index (κ2) is 7.04. The van der Waals surface area contributed by atoms with Gasteiger partial charge in [0.2, 0.25) is 11.8 Å². The number of benzene rings is 1. The van der Waals surface area contributed by atoms with Gasteiger partial charge in [-0.25, -0.2) is 0 Å². The van der Waals surface area contributed by atoms with E-state index in [1.165, 1.54) is 0 Å². The van der Waals surface area contributed by atoms with E-state index in [4.69, 9.17) is 4.42 Å². The maximum absolute atomic E-state index is 5.71. The molecule has 4 heteroatoms. The molecule has 1 aromatic heterocycles. The Labute approximate surface area is 114 Å². The Hall–Kier alpha value is -1.68. The predicted octanol–water partition coefficient (Wildman–Crippen LogP) is 2.98. The molecule has 0 atom stereocenters. The van der Waals surface area contributed by atoms with Crippen LogP contribution in [0.1, 0.15) is 31.2 Å². The lowest BCUT2D eigenvalue weighted by Gasteiger charge is -2.00. The summed E-state index contributed by atoms with van der Waals surface area (Å²) in [5.41, 5.74) is 2.17. The Morgan fingerprint density at radius 1 is 1.16 bits per heavy atom. The molecule has 0 fully saturated rings. The van der Waals surface area contributed by atoms with E-state index in [9.17, 15) is 0 Å². The number of aromatic nitrogens is 2. The van der Waals surface area contributed by atoms with Crippen LogP contribution in [0.3, 0.4) is 0 Å². The molecule has 19 heavy (non-hydrogen) atoms. The van der Waals surface area contributed by atoms with E-state index in [2.05, 4.69) is 22.4 Å². The van der Waals surface area contributed by atoms with Crippen molar-refractivity contribution in [3.63, 3.8) is 0 Å². The summed E-state index contributed by atoms with van der Waals surface area (Å²) in [6, 6.07) is 8.06. The fourth-order valence-corrected chi connectivity index (χ4v) is 1.94. The maximum atomic E-state index is 5.71. The topological polar surface area (TPSA) is 51.0 Å². The van der Waals surface area contributed by atoms with Gasteiger partial charge in [-0.2, -0.15) is 0 Å². The molecule has 1 aromatic carbocycles. The maximum Gasteiger partial charge on any atom is 0.247 e. The monoisotopic (exact) mass is 259 g/mol. The molecule has 0 amide bonds. The molecule has 0 spiro atoms. The van der Waals surface area contributed by atoms with Crippen LogP contribution in [0, 0.1) is 6.92 Å². The molecular weight excluding hydrogens is 238 g/mol. The second-order valence-electron chi connectivity index (χ2n) is 4.67. The van der Waals surface area contributed by atoms with Crippen molar-refractivity contribution in [1.29, 1.82) is 0 Å². The zero-order chi connectivity index (χ0) is 13.5. The second-order valence-corrected chi connectivity index (χ2v) is 4.67. The lowest BCUT2D eigenvalue weighted by Crippen LogP contribution is -2.16. The van der Waals surface area contributed by atoms with Crippen LogP contribution < -0.4 is 5.32 Å². The Morgan fingerprint density at radius 3 is 2.79 bits per heavy atom. The van der Waals surface area contributed by atoms with Gasteiger partial charge in [-0.3, -0.25) is 0 Å².